The highest BCUT2D eigenvalue weighted by Crippen LogP contribution is 2.58. The molecule has 176 valence electrons. The van der Waals surface area contributed by atoms with Crippen LogP contribution in [0.15, 0.2) is 23.8 Å². The Balaban J connectivity index is 1.79. The van der Waals surface area contributed by atoms with Crippen molar-refractivity contribution in [2.75, 3.05) is 0 Å². The standard InChI is InChI=1S/C29H48O2/c1-5-7-9-23-11-13-26(21(3)19-23)29(17-15-25(16-18-29)28(30)31)27-14-12-24(10-8-6-2)20-22(27)4/h15-17,21-24,26-27H,5-14,18-20H2,1-4H3,(H,30,31). The highest BCUT2D eigenvalue weighted by molar-refractivity contribution is 5.90. The van der Waals surface area contributed by atoms with Crippen molar-refractivity contribution in [1.29, 1.82) is 0 Å². The molecule has 0 amide bonds. The van der Waals surface area contributed by atoms with Gasteiger partial charge in [-0.3, -0.25) is 0 Å². The van der Waals surface area contributed by atoms with Crippen molar-refractivity contribution in [3.05, 3.63) is 23.8 Å². The van der Waals surface area contributed by atoms with E-state index in [0.29, 0.717) is 17.4 Å². The fraction of sp³-hybridized carbons (Fsp3) is 0.828. The summed E-state index contributed by atoms with van der Waals surface area (Å²) in [5, 5.41) is 9.55. The molecule has 31 heavy (non-hydrogen) atoms. The summed E-state index contributed by atoms with van der Waals surface area (Å²) in [6.45, 7) is 9.63. The molecule has 0 radical (unpaired) electrons. The first-order chi connectivity index (χ1) is 14.9. The minimum absolute atomic E-state index is 0.170. The number of carbonyl (C=O) groups is 1. The minimum Gasteiger partial charge on any atom is -0.478 e. The van der Waals surface area contributed by atoms with Gasteiger partial charge < -0.3 is 5.11 Å². The number of hydrogen-bond donors (Lipinski definition) is 1. The Morgan fingerprint density at radius 2 is 1.45 bits per heavy atom. The number of carboxylic acid groups (broad SMARTS) is 1. The van der Waals surface area contributed by atoms with E-state index in [-0.39, 0.29) is 5.41 Å². The zero-order valence-electron chi connectivity index (χ0n) is 20.7. The van der Waals surface area contributed by atoms with E-state index in [4.69, 9.17) is 0 Å². The van der Waals surface area contributed by atoms with Crippen molar-refractivity contribution in [3.8, 4) is 0 Å². The van der Waals surface area contributed by atoms with Crippen LogP contribution in [0.1, 0.15) is 111 Å². The Morgan fingerprint density at radius 1 is 0.935 bits per heavy atom. The molecule has 2 nitrogen and oxygen atoms in total. The van der Waals surface area contributed by atoms with Gasteiger partial charge in [0.15, 0.2) is 0 Å². The highest BCUT2D eigenvalue weighted by Gasteiger charge is 2.50. The molecule has 0 spiro atoms. The minimum atomic E-state index is -0.766. The maximum Gasteiger partial charge on any atom is 0.335 e. The van der Waals surface area contributed by atoms with E-state index in [1.54, 1.807) is 0 Å². The van der Waals surface area contributed by atoms with Gasteiger partial charge in [-0.1, -0.05) is 97.3 Å². The van der Waals surface area contributed by atoms with Gasteiger partial charge in [0.2, 0.25) is 0 Å². The molecule has 0 aliphatic heterocycles. The summed E-state index contributed by atoms with van der Waals surface area (Å²) in [4.78, 5) is 11.6. The molecule has 3 aliphatic carbocycles. The molecular formula is C29H48O2. The van der Waals surface area contributed by atoms with E-state index in [0.717, 1.165) is 30.1 Å². The summed E-state index contributed by atoms with van der Waals surface area (Å²) in [7, 11) is 0. The van der Waals surface area contributed by atoms with Gasteiger partial charge in [-0.2, -0.15) is 0 Å². The molecule has 0 bridgehead atoms. The molecule has 2 heteroatoms. The van der Waals surface area contributed by atoms with Crippen molar-refractivity contribution in [2.45, 2.75) is 111 Å². The predicted octanol–water partition coefficient (Wildman–Crippen LogP) is 8.43. The fourth-order valence-electron chi connectivity index (χ4n) is 7.77. The fourth-order valence-corrected chi connectivity index (χ4v) is 7.77. The van der Waals surface area contributed by atoms with Crippen molar-refractivity contribution >= 4 is 5.97 Å². The summed E-state index contributed by atoms with van der Waals surface area (Å²) in [6.07, 6.45) is 23.7. The van der Waals surface area contributed by atoms with Crippen LogP contribution in [-0.2, 0) is 4.79 Å². The van der Waals surface area contributed by atoms with Crippen LogP contribution in [0.4, 0.5) is 0 Å². The van der Waals surface area contributed by atoms with Crippen LogP contribution in [0, 0.1) is 40.9 Å². The Hall–Kier alpha value is -1.05. The molecule has 1 N–H and O–H groups in total. The monoisotopic (exact) mass is 428 g/mol. The van der Waals surface area contributed by atoms with Crippen LogP contribution >= 0.6 is 0 Å². The molecular weight excluding hydrogens is 380 g/mol. The number of rotatable bonds is 9. The summed E-state index contributed by atoms with van der Waals surface area (Å²) >= 11 is 0. The van der Waals surface area contributed by atoms with E-state index >= 15 is 0 Å². The first-order valence-corrected chi connectivity index (χ1v) is 13.5. The summed E-state index contributed by atoms with van der Waals surface area (Å²) in [5.41, 5.74) is 0.674. The van der Waals surface area contributed by atoms with Gasteiger partial charge in [0.1, 0.15) is 0 Å². The first-order valence-electron chi connectivity index (χ1n) is 13.5. The average molecular weight is 429 g/mol. The molecule has 3 rings (SSSR count). The number of carboxylic acids is 1. The van der Waals surface area contributed by atoms with Crippen molar-refractivity contribution < 1.29 is 9.90 Å². The van der Waals surface area contributed by atoms with E-state index < -0.39 is 5.97 Å². The third-order valence-corrected chi connectivity index (χ3v) is 9.36. The van der Waals surface area contributed by atoms with Crippen LogP contribution in [0.25, 0.3) is 0 Å². The second kappa shape index (κ2) is 11.2. The molecule has 0 aromatic rings. The Labute approximate surface area is 192 Å². The lowest BCUT2D eigenvalue weighted by Crippen LogP contribution is -2.46. The predicted molar refractivity (Wildman–Crippen MR) is 131 cm³/mol. The molecule has 0 aromatic carbocycles. The number of allylic oxidation sites excluding steroid dienone is 2. The zero-order chi connectivity index (χ0) is 22.4. The maximum absolute atomic E-state index is 11.6. The maximum atomic E-state index is 11.6. The van der Waals surface area contributed by atoms with Crippen LogP contribution in [0.3, 0.4) is 0 Å². The van der Waals surface area contributed by atoms with E-state index in [2.05, 4.69) is 39.8 Å². The number of hydrogen-bond acceptors (Lipinski definition) is 1. The Bertz CT molecular complexity index is 613. The molecule has 2 saturated carbocycles. The van der Waals surface area contributed by atoms with Gasteiger partial charge >= 0.3 is 5.97 Å². The van der Waals surface area contributed by atoms with Gasteiger partial charge in [-0.15, -0.1) is 0 Å². The third-order valence-electron chi connectivity index (χ3n) is 9.36. The summed E-state index contributed by atoms with van der Waals surface area (Å²) in [5.74, 6) is 3.93. The van der Waals surface area contributed by atoms with Gasteiger partial charge in [-0.05, 0) is 73.0 Å². The smallest absolute Gasteiger partial charge is 0.335 e. The normalized spacial score (nSPS) is 38.6. The molecule has 3 aliphatic rings. The molecule has 6 atom stereocenters. The van der Waals surface area contributed by atoms with E-state index in [1.165, 1.54) is 77.0 Å². The van der Waals surface area contributed by atoms with Crippen LogP contribution in [-0.4, -0.2) is 11.1 Å². The second-order valence-corrected chi connectivity index (χ2v) is 11.4. The third kappa shape index (κ3) is 5.66. The van der Waals surface area contributed by atoms with Gasteiger partial charge in [0.25, 0.3) is 0 Å². The van der Waals surface area contributed by atoms with Crippen molar-refractivity contribution in [3.63, 3.8) is 0 Å². The number of unbranched alkanes of at least 4 members (excludes halogenated alkanes) is 2. The Morgan fingerprint density at radius 3 is 1.81 bits per heavy atom. The average Bonchev–Trinajstić information content (AvgIpc) is 2.76. The molecule has 0 aromatic heterocycles. The van der Waals surface area contributed by atoms with Crippen molar-refractivity contribution in [1.82, 2.24) is 0 Å². The zero-order valence-corrected chi connectivity index (χ0v) is 20.7. The van der Waals surface area contributed by atoms with E-state index in [1.807, 2.05) is 6.08 Å². The summed E-state index contributed by atoms with van der Waals surface area (Å²) < 4.78 is 0. The van der Waals surface area contributed by atoms with Gasteiger partial charge in [-0.25, -0.2) is 4.79 Å². The van der Waals surface area contributed by atoms with E-state index in [9.17, 15) is 9.90 Å². The van der Waals surface area contributed by atoms with Crippen LogP contribution in [0.5, 0.6) is 0 Å². The lowest BCUT2D eigenvalue weighted by Gasteiger charge is -2.54. The van der Waals surface area contributed by atoms with Crippen LogP contribution < -0.4 is 0 Å². The second-order valence-electron chi connectivity index (χ2n) is 11.4. The molecule has 0 saturated heterocycles. The van der Waals surface area contributed by atoms with Gasteiger partial charge in [0.05, 0.1) is 5.57 Å². The Kier molecular flexibility index (Phi) is 8.88. The SMILES string of the molecule is CCCCC1CCC(C2(C3CCC(CCCC)CC3C)C=CC(C(=O)O)=CC2)C(C)C1. The topological polar surface area (TPSA) is 37.3 Å². The first kappa shape index (κ1) is 24.6. The largest absolute Gasteiger partial charge is 0.478 e. The molecule has 2 fully saturated rings. The number of aliphatic carboxylic acids is 1. The molecule has 0 heterocycles. The van der Waals surface area contributed by atoms with Crippen molar-refractivity contribution in [2.24, 2.45) is 40.9 Å². The lowest BCUT2D eigenvalue weighted by atomic mass is 9.50. The van der Waals surface area contributed by atoms with Gasteiger partial charge in [0, 0.05) is 0 Å². The quantitative estimate of drug-likeness (QED) is 0.400. The van der Waals surface area contributed by atoms with Crippen LogP contribution in [0.2, 0.25) is 0 Å². The summed E-state index contributed by atoms with van der Waals surface area (Å²) in [6, 6.07) is 0. The highest BCUT2D eigenvalue weighted by atomic mass is 16.4. The lowest BCUT2D eigenvalue weighted by molar-refractivity contribution is -0.132. The molecule has 6 unspecified atom stereocenters.